The second kappa shape index (κ2) is 5.92. The molecule has 0 fully saturated rings. The number of methoxy groups -OCH3 is 2. The molecule has 0 amide bonds. The van der Waals surface area contributed by atoms with E-state index in [0.717, 1.165) is 12.1 Å². The van der Waals surface area contributed by atoms with Gasteiger partial charge in [0, 0.05) is 0 Å². The molecular weight excluding hydrogens is 301 g/mol. The van der Waals surface area contributed by atoms with E-state index in [1.807, 2.05) is 0 Å². The molecule has 0 unspecified atom stereocenters. The van der Waals surface area contributed by atoms with Crippen molar-refractivity contribution in [1.29, 1.82) is 0 Å². The van der Waals surface area contributed by atoms with Crippen LogP contribution < -0.4 is 15.2 Å². The van der Waals surface area contributed by atoms with E-state index < -0.39 is 11.6 Å². The highest BCUT2D eigenvalue weighted by molar-refractivity contribution is 6.34. The largest absolute Gasteiger partial charge is 0.481 e. The van der Waals surface area contributed by atoms with Crippen molar-refractivity contribution in [2.24, 2.45) is 0 Å². The number of hydrogen-bond donors (Lipinski definition) is 1. The number of benzene rings is 1. The fraction of sp³-hybridized carbons (Fsp3) is 0.154. The van der Waals surface area contributed by atoms with Gasteiger partial charge >= 0.3 is 0 Å². The van der Waals surface area contributed by atoms with Gasteiger partial charge in [0.25, 0.3) is 0 Å². The van der Waals surface area contributed by atoms with Crippen LogP contribution >= 0.6 is 11.6 Å². The van der Waals surface area contributed by atoms with E-state index in [4.69, 9.17) is 26.8 Å². The molecule has 0 atom stereocenters. The van der Waals surface area contributed by atoms with E-state index in [2.05, 4.69) is 9.97 Å². The Kier molecular flexibility index (Phi) is 4.23. The van der Waals surface area contributed by atoms with Crippen LogP contribution in [-0.2, 0) is 0 Å². The maximum Gasteiger partial charge on any atom is 0.232 e. The van der Waals surface area contributed by atoms with Crippen LogP contribution in [0.4, 0.5) is 10.1 Å². The minimum atomic E-state index is -0.689. The number of carbonyl (C=O) groups excluding carboxylic acids is 1. The monoisotopic (exact) mass is 311 g/mol. The Labute approximate surface area is 124 Å². The van der Waals surface area contributed by atoms with Crippen molar-refractivity contribution in [3.63, 3.8) is 0 Å². The van der Waals surface area contributed by atoms with Gasteiger partial charge in [-0.15, -0.1) is 0 Å². The van der Waals surface area contributed by atoms with E-state index in [-0.39, 0.29) is 33.9 Å². The molecule has 0 aliphatic heterocycles. The lowest BCUT2D eigenvalue weighted by molar-refractivity contribution is 0.102. The van der Waals surface area contributed by atoms with Gasteiger partial charge in [-0.05, 0) is 12.1 Å². The number of hydrogen-bond acceptors (Lipinski definition) is 6. The third-order valence-corrected chi connectivity index (χ3v) is 2.95. The van der Waals surface area contributed by atoms with Crippen LogP contribution in [0.5, 0.6) is 11.8 Å². The first-order chi connectivity index (χ1) is 9.96. The van der Waals surface area contributed by atoms with E-state index in [9.17, 15) is 9.18 Å². The van der Waals surface area contributed by atoms with Gasteiger partial charge in [-0.25, -0.2) is 4.39 Å². The van der Waals surface area contributed by atoms with Gasteiger partial charge in [0.2, 0.25) is 23.4 Å². The third-order valence-electron chi connectivity index (χ3n) is 2.64. The Bertz CT molecular complexity index is 687. The average Bonchev–Trinajstić information content (AvgIpc) is 2.49. The number of ether oxygens (including phenoxy) is 2. The standard InChI is InChI=1S/C13H11ClFN3O3/c1-20-9-5-10(21-2)18-13(17-9)12(19)7-3-6(15)4-8(14)11(7)16/h3-5H,16H2,1-2H3. The van der Waals surface area contributed by atoms with Gasteiger partial charge < -0.3 is 15.2 Å². The summed E-state index contributed by atoms with van der Waals surface area (Å²) in [5, 5.41) is -0.0618. The van der Waals surface area contributed by atoms with E-state index >= 15 is 0 Å². The molecule has 1 aromatic carbocycles. The van der Waals surface area contributed by atoms with Crippen LogP contribution in [-0.4, -0.2) is 30.0 Å². The van der Waals surface area contributed by atoms with Gasteiger partial charge in [0.05, 0.1) is 36.6 Å². The van der Waals surface area contributed by atoms with Crippen molar-refractivity contribution in [3.8, 4) is 11.8 Å². The number of rotatable bonds is 4. The molecule has 0 bridgehead atoms. The molecule has 0 spiro atoms. The maximum absolute atomic E-state index is 13.4. The Balaban J connectivity index is 2.54. The van der Waals surface area contributed by atoms with Crippen LogP contribution in [0.1, 0.15) is 16.2 Å². The fourth-order valence-corrected chi connectivity index (χ4v) is 1.81. The summed E-state index contributed by atoms with van der Waals surface area (Å²) in [6.07, 6.45) is 0. The summed E-state index contributed by atoms with van der Waals surface area (Å²) in [5.41, 5.74) is 5.52. The summed E-state index contributed by atoms with van der Waals surface area (Å²) < 4.78 is 23.3. The van der Waals surface area contributed by atoms with Gasteiger partial charge in [-0.3, -0.25) is 4.79 Å². The second-order valence-corrected chi connectivity index (χ2v) is 4.36. The predicted octanol–water partition coefficient (Wildman–Crippen LogP) is 2.10. The highest BCUT2D eigenvalue weighted by Gasteiger charge is 2.20. The van der Waals surface area contributed by atoms with Crippen LogP contribution in [0.3, 0.4) is 0 Å². The van der Waals surface area contributed by atoms with Gasteiger partial charge in [0.1, 0.15) is 5.82 Å². The van der Waals surface area contributed by atoms with E-state index in [0.29, 0.717) is 0 Å². The molecule has 110 valence electrons. The summed E-state index contributed by atoms with van der Waals surface area (Å²) in [7, 11) is 2.76. The summed E-state index contributed by atoms with van der Waals surface area (Å²) >= 11 is 5.76. The SMILES string of the molecule is COc1cc(OC)nc(C(=O)c2cc(F)cc(Cl)c2N)n1. The minimum absolute atomic E-state index is 0.0477. The number of anilines is 1. The lowest BCUT2D eigenvalue weighted by Crippen LogP contribution is -2.12. The Morgan fingerprint density at radius 1 is 1.19 bits per heavy atom. The zero-order chi connectivity index (χ0) is 15.6. The molecule has 0 radical (unpaired) electrons. The number of nitrogens with two attached hydrogens (primary N) is 1. The van der Waals surface area contributed by atoms with Gasteiger partial charge in [-0.1, -0.05) is 11.6 Å². The van der Waals surface area contributed by atoms with Crippen LogP contribution in [0.2, 0.25) is 5.02 Å². The molecule has 2 aromatic rings. The summed E-state index contributed by atoms with van der Waals surface area (Å²) in [4.78, 5) is 20.2. The Morgan fingerprint density at radius 3 is 2.29 bits per heavy atom. The Morgan fingerprint density at radius 2 is 1.76 bits per heavy atom. The lowest BCUT2D eigenvalue weighted by atomic mass is 10.1. The highest BCUT2D eigenvalue weighted by atomic mass is 35.5. The molecule has 0 aliphatic rings. The molecule has 2 rings (SSSR count). The number of halogens is 2. The quantitative estimate of drug-likeness (QED) is 0.687. The van der Waals surface area contributed by atoms with Crippen LogP contribution in [0, 0.1) is 5.82 Å². The number of aromatic nitrogens is 2. The molecule has 6 nitrogen and oxygen atoms in total. The predicted molar refractivity (Wildman–Crippen MR) is 74.4 cm³/mol. The minimum Gasteiger partial charge on any atom is -0.481 e. The highest BCUT2D eigenvalue weighted by Crippen LogP contribution is 2.26. The molecule has 8 heteroatoms. The topological polar surface area (TPSA) is 87.3 Å². The maximum atomic E-state index is 13.4. The smallest absolute Gasteiger partial charge is 0.232 e. The summed E-state index contributed by atoms with van der Waals surface area (Å²) in [6.45, 7) is 0. The van der Waals surface area contributed by atoms with Crippen molar-refractivity contribution in [1.82, 2.24) is 9.97 Å². The van der Waals surface area contributed by atoms with Crippen LogP contribution in [0.15, 0.2) is 18.2 Å². The van der Waals surface area contributed by atoms with Crippen molar-refractivity contribution in [2.45, 2.75) is 0 Å². The van der Waals surface area contributed by atoms with Crippen molar-refractivity contribution < 1.29 is 18.7 Å². The number of ketones is 1. The molecule has 2 N–H and O–H groups in total. The molecule has 0 saturated carbocycles. The summed E-state index contributed by atoms with van der Waals surface area (Å²) in [6, 6.07) is 3.39. The van der Waals surface area contributed by atoms with E-state index in [1.165, 1.54) is 20.3 Å². The van der Waals surface area contributed by atoms with Gasteiger partial charge in [0.15, 0.2) is 0 Å². The first-order valence-electron chi connectivity index (χ1n) is 5.72. The van der Waals surface area contributed by atoms with Crippen molar-refractivity contribution in [2.75, 3.05) is 20.0 Å². The van der Waals surface area contributed by atoms with Crippen LogP contribution in [0.25, 0.3) is 0 Å². The van der Waals surface area contributed by atoms with Gasteiger partial charge in [-0.2, -0.15) is 9.97 Å². The first-order valence-corrected chi connectivity index (χ1v) is 6.10. The average molecular weight is 312 g/mol. The Hall–Kier alpha value is -2.41. The molecule has 1 heterocycles. The molecule has 1 aromatic heterocycles. The lowest BCUT2D eigenvalue weighted by Gasteiger charge is -2.08. The molecule has 0 aliphatic carbocycles. The summed E-state index contributed by atoms with van der Waals surface area (Å²) in [5.74, 6) is -1.35. The zero-order valence-electron chi connectivity index (χ0n) is 11.2. The number of nitrogens with zero attached hydrogens (tertiary/aromatic N) is 2. The number of nitrogen functional groups attached to an aromatic ring is 1. The third kappa shape index (κ3) is 3.03. The number of carbonyl (C=O) groups is 1. The molecule has 0 saturated heterocycles. The molecule has 21 heavy (non-hydrogen) atoms. The normalized spacial score (nSPS) is 10.3. The fourth-order valence-electron chi connectivity index (χ4n) is 1.61. The van der Waals surface area contributed by atoms with Crippen molar-refractivity contribution >= 4 is 23.1 Å². The van der Waals surface area contributed by atoms with Crippen molar-refractivity contribution in [3.05, 3.63) is 40.4 Å². The second-order valence-electron chi connectivity index (χ2n) is 3.95. The first kappa shape index (κ1) is 15.0. The zero-order valence-corrected chi connectivity index (χ0v) is 11.9. The molecular formula is C13H11ClFN3O3. The van der Waals surface area contributed by atoms with E-state index in [1.54, 1.807) is 0 Å².